The summed E-state index contributed by atoms with van der Waals surface area (Å²) in [5.41, 5.74) is 1.81. The van der Waals surface area contributed by atoms with E-state index in [9.17, 15) is 9.59 Å². The number of amides is 2. The largest absolute Gasteiger partial charge is 0.354 e. The first-order valence-corrected chi connectivity index (χ1v) is 9.11. The number of rotatable bonds is 5. The Balaban J connectivity index is 1.48. The van der Waals surface area contributed by atoms with Gasteiger partial charge < -0.3 is 15.2 Å². The lowest BCUT2D eigenvalue weighted by Crippen LogP contribution is -2.51. The number of carbonyl (C=O) groups excluding carboxylic acids is 2. The molecular weight excluding hydrogens is 340 g/mol. The Bertz CT molecular complexity index is 774. The second-order valence-electron chi connectivity index (χ2n) is 6.46. The van der Waals surface area contributed by atoms with Crippen LogP contribution in [0.4, 0.5) is 0 Å². The molecule has 6 nitrogen and oxygen atoms in total. The highest BCUT2D eigenvalue weighted by Crippen LogP contribution is 2.18. The summed E-state index contributed by atoms with van der Waals surface area (Å²) in [6.45, 7) is 2.77. The van der Waals surface area contributed by atoms with Crippen LogP contribution in [0.2, 0.25) is 5.02 Å². The molecule has 1 aromatic heterocycles. The Kier molecular flexibility index (Phi) is 5.58. The minimum Gasteiger partial charge on any atom is -0.354 e. The molecule has 1 aliphatic rings. The molecule has 0 radical (unpaired) electrons. The summed E-state index contributed by atoms with van der Waals surface area (Å²) in [5, 5.41) is 3.63. The molecule has 2 amide bonds. The fourth-order valence-electron chi connectivity index (χ4n) is 3.32. The van der Waals surface area contributed by atoms with Crippen LogP contribution in [0.3, 0.4) is 0 Å². The van der Waals surface area contributed by atoms with Crippen LogP contribution in [0, 0.1) is 0 Å². The number of likely N-dealkylation sites (tertiary alicyclic amines) is 1. The van der Waals surface area contributed by atoms with Crippen molar-refractivity contribution in [1.29, 1.82) is 0 Å². The molecular formula is C18H23ClN4O2. The van der Waals surface area contributed by atoms with Crippen molar-refractivity contribution in [2.45, 2.75) is 45.1 Å². The maximum absolute atomic E-state index is 12.4. The number of benzene rings is 1. The van der Waals surface area contributed by atoms with Crippen LogP contribution in [-0.2, 0) is 16.0 Å². The topological polar surface area (TPSA) is 78.1 Å². The van der Waals surface area contributed by atoms with Gasteiger partial charge in [0.25, 0.3) is 0 Å². The number of carbonyl (C=O) groups is 2. The van der Waals surface area contributed by atoms with E-state index in [1.807, 2.05) is 18.2 Å². The molecule has 0 aliphatic carbocycles. The zero-order chi connectivity index (χ0) is 17.8. The maximum atomic E-state index is 12.4. The predicted molar refractivity (Wildman–Crippen MR) is 97.5 cm³/mol. The van der Waals surface area contributed by atoms with Crippen molar-refractivity contribution < 1.29 is 9.59 Å². The molecule has 7 heteroatoms. The molecule has 3 rings (SSSR count). The molecule has 1 fully saturated rings. The monoisotopic (exact) mass is 362 g/mol. The first kappa shape index (κ1) is 17.7. The number of piperidine rings is 1. The van der Waals surface area contributed by atoms with E-state index in [1.165, 1.54) is 6.92 Å². The molecule has 1 aliphatic heterocycles. The summed E-state index contributed by atoms with van der Waals surface area (Å²) in [4.78, 5) is 33.5. The highest BCUT2D eigenvalue weighted by molar-refractivity contribution is 6.31. The smallest absolute Gasteiger partial charge is 0.242 e. The number of aryl methyl sites for hydroxylation is 1. The average molecular weight is 363 g/mol. The zero-order valence-corrected chi connectivity index (χ0v) is 15.1. The maximum Gasteiger partial charge on any atom is 0.242 e. The lowest BCUT2D eigenvalue weighted by Gasteiger charge is -2.33. The summed E-state index contributed by atoms with van der Waals surface area (Å²) in [5.74, 6) is 0.807. The summed E-state index contributed by atoms with van der Waals surface area (Å²) in [7, 11) is 0. The predicted octanol–water partition coefficient (Wildman–Crippen LogP) is 2.67. The lowest BCUT2D eigenvalue weighted by atomic mass is 10.0. The number of hydrogen-bond donors (Lipinski definition) is 2. The second-order valence-corrected chi connectivity index (χ2v) is 6.90. The first-order chi connectivity index (χ1) is 12.0. The molecule has 1 saturated heterocycles. The molecule has 2 N–H and O–H groups in total. The van der Waals surface area contributed by atoms with Crippen LogP contribution in [0.15, 0.2) is 18.2 Å². The molecule has 0 spiro atoms. The number of imidazole rings is 1. The van der Waals surface area contributed by atoms with Crippen molar-refractivity contribution in [3.63, 3.8) is 0 Å². The fourth-order valence-corrected chi connectivity index (χ4v) is 3.49. The van der Waals surface area contributed by atoms with E-state index in [0.717, 1.165) is 49.0 Å². The Morgan fingerprint density at radius 1 is 1.40 bits per heavy atom. The van der Waals surface area contributed by atoms with E-state index in [1.54, 1.807) is 4.90 Å². The van der Waals surface area contributed by atoms with Gasteiger partial charge in [-0.2, -0.15) is 0 Å². The molecule has 134 valence electrons. The van der Waals surface area contributed by atoms with Crippen molar-refractivity contribution in [2.75, 3.05) is 13.1 Å². The molecule has 2 aromatic rings. The van der Waals surface area contributed by atoms with Gasteiger partial charge in [0.15, 0.2) is 0 Å². The van der Waals surface area contributed by atoms with Gasteiger partial charge in [-0.05, 0) is 43.9 Å². The van der Waals surface area contributed by atoms with Gasteiger partial charge in [-0.1, -0.05) is 11.6 Å². The van der Waals surface area contributed by atoms with Crippen molar-refractivity contribution in [3.8, 4) is 0 Å². The number of H-pyrrole nitrogens is 1. The van der Waals surface area contributed by atoms with Crippen LogP contribution in [0.5, 0.6) is 0 Å². The number of halogens is 1. The van der Waals surface area contributed by atoms with E-state index < -0.39 is 0 Å². The normalized spacial score (nSPS) is 17.7. The molecule has 1 atom stereocenters. The Morgan fingerprint density at radius 3 is 3.04 bits per heavy atom. The van der Waals surface area contributed by atoms with Crippen LogP contribution < -0.4 is 5.32 Å². The lowest BCUT2D eigenvalue weighted by molar-refractivity contribution is -0.140. The highest BCUT2D eigenvalue weighted by Gasteiger charge is 2.29. The standard InChI is InChI=1S/C18H23ClN4O2/c1-12(24)23-10-3-2-5-16(23)18(25)20-9-4-6-17-21-14-8-7-13(19)11-15(14)22-17/h7-8,11,16H,2-6,9-10H2,1H3,(H,20,25)(H,21,22)/t16-/m1/s1. The summed E-state index contributed by atoms with van der Waals surface area (Å²) in [6, 6.07) is 5.24. The van der Waals surface area contributed by atoms with Gasteiger partial charge in [0.1, 0.15) is 11.9 Å². The highest BCUT2D eigenvalue weighted by atomic mass is 35.5. The number of nitrogens with one attached hydrogen (secondary N) is 2. The molecule has 0 saturated carbocycles. The summed E-state index contributed by atoms with van der Waals surface area (Å²) >= 11 is 5.97. The van der Waals surface area contributed by atoms with E-state index in [-0.39, 0.29) is 17.9 Å². The third-order valence-corrected chi connectivity index (χ3v) is 4.83. The minimum absolute atomic E-state index is 0.0270. The summed E-state index contributed by atoms with van der Waals surface area (Å²) < 4.78 is 0. The Hall–Kier alpha value is -2.08. The average Bonchev–Trinajstić information content (AvgIpc) is 3.00. The third kappa shape index (κ3) is 4.31. The number of aromatic nitrogens is 2. The molecule has 1 aromatic carbocycles. The van der Waals surface area contributed by atoms with Gasteiger partial charge in [-0.3, -0.25) is 9.59 Å². The Labute approximate surface area is 151 Å². The van der Waals surface area contributed by atoms with E-state index in [4.69, 9.17) is 11.6 Å². The molecule has 25 heavy (non-hydrogen) atoms. The van der Waals surface area contributed by atoms with Gasteiger partial charge in [0.2, 0.25) is 11.8 Å². The number of fused-ring (bicyclic) bond motifs is 1. The summed E-state index contributed by atoms with van der Waals surface area (Å²) in [6.07, 6.45) is 4.23. The fraction of sp³-hybridized carbons (Fsp3) is 0.500. The number of aromatic amines is 1. The van der Waals surface area contributed by atoms with Crippen LogP contribution in [0.1, 0.15) is 38.4 Å². The van der Waals surface area contributed by atoms with Crippen molar-refractivity contribution in [3.05, 3.63) is 29.0 Å². The number of nitrogens with zero attached hydrogens (tertiary/aromatic N) is 2. The van der Waals surface area contributed by atoms with Crippen LogP contribution >= 0.6 is 11.6 Å². The van der Waals surface area contributed by atoms with Crippen LogP contribution in [0.25, 0.3) is 11.0 Å². The minimum atomic E-state index is -0.320. The van der Waals surface area contributed by atoms with E-state index >= 15 is 0 Å². The van der Waals surface area contributed by atoms with Gasteiger partial charge in [-0.15, -0.1) is 0 Å². The zero-order valence-electron chi connectivity index (χ0n) is 14.3. The molecule has 0 bridgehead atoms. The van der Waals surface area contributed by atoms with Crippen molar-refractivity contribution in [1.82, 2.24) is 20.2 Å². The van der Waals surface area contributed by atoms with Crippen molar-refractivity contribution in [2.24, 2.45) is 0 Å². The third-order valence-electron chi connectivity index (χ3n) is 4.59. The van der Waals surface area contributed by atoms with Gasteiger partial charge in [0, 0.05) is 31.5 Å². The van der Waals surface area contributed by atoms with Crippen molar-refractivity contribution >= 4 is 34.4 Å². The van der Waals surface area contributed by atoms with Gasteiger partial charge >= 0.3 is 0 Å². The number of hydrogen-bond acceptors (Lipinski definition) is 3. The van der Waals surface area contributed by atoms with E-state index in [2.05, 4.69) is 15.3 Å². The van der Waals surface area contributed by atoms with Gasteiger partial charge in [0.05, 0.1) is 11.0 Å². The van der Waals surface area contributed by atoms with Crippen LogP contribution in [-0.4, -0.2) is 45.8 Å². The Morgan fingerprint density at radius 2 is 2.24 bits per heavy atom. The molecule has 2 heterocycles. The first-order valence-electron chi connectivity index (χ1n) is 8.73. The van der Waals surface area contributed by atoms with Gasteiger partial charge in [-0.25, -0.2) is 4.98 Å². The quantitative estimate of drug-likeness (QED) is 0.803. The molecule has 0 unspecified atom stereocenters. The second kappa shape index (κ2) is 7.87. The van der Waals surface area contributed by atoms with E-state index in [0.29, 0.717) is 18.1 Å². The SMILES string of the molecule is CC(=O)N1CCCC[C@@H]1C(=O)NCCCc1nc2ccc(Cl)cc2[nH]1.